The average molecular weight is 257 g/mol. The monoisotopic (exact) mass is 256 g/mol. The van der Waals surface area contributed by atoms with E-state index < -0.39 is 11.9 Å². The topological polar surface area (TPSA) is 49.4 Å². The van der Waals surface area contributed by atoms with Gasteiger partial charge in [-0.05, 0) is 25.1 Å². The van der Waals surface area contributed by atoms with Gasteiger partial charge in [0.15, 0.2) is 0 Å². The lowest BCUT2D eigenvalue weighted by Crippen LogP contribution is -2.57. The van der Waals surface area contributed by atoms with Gasteiger partial charge in [0, 0.05) is 0 Å². The molecule has 0 aliphatic carbocycles. The van der Waals surface area contributed by atoms with Gasteiger partial charge in [-0.15, -0.1) is 0 Å². The summed E-state index contributed by atoms with van der Waals surface area (Å²) in [5, 5.41) is 2.58. The summed E-state index contributed by atoms with van der Waals surface area (Å²) in [6, 6.07) is 3.06. The molecule has 17 heavy (non-hydrogen) atoms. The number of carbonyl (C=O) groups excluding carboxylic acids is 2. The number of hydrogen-bond acceptors (Lipinski definition) is 2. The van der Waals surface area contributed by atoms with Gasteiger partial charge in [0.2, 0.25) is 11.8 Å². The van der Waals surface area contributed by atoms with Crippen molar-refractivity contribution in [1.29, 1.82) is 0 Å². The second kappa shape index (κ2) is 4.33. The van der Waals surface area contributed by atoms with E-state index in [-0.39, 0.29) is 23.4 Å². The summed E-state index contributed by atoms with van der Waals surface area (Å²) in [5.41, 5.74) is 0.348. The highest BCUT2D eigenvalue weighted by molar-refractivity contribution is 6.34. The largest absolute Gasteiger partial charge is 0.345 e. The second-order valence-corrected chi connectivity index (χ2v) is 4.16. The lowest BCUT2D eigenvalue weighted by Gasteiger charge is -2.33. The molecule has 2 amide bonds. The molecular formula is C11H10ClFN2O2. The number of rotatable bonds is 1. The van der Waals surface area contributed by atoms with Gasteiger partial charge in [-0.2, -0.15) is 0 Å². The molecule has 90 valence electrons. The van der Waals surface area contributed by atoms with E-state index in [0.717, 1.165) is 6.07 Å². The molecule has 0 aromatic heterocycles. The lowest BCUT2D eigenvalue weighted by atomic mass is 10.1. The summed E-state index contributed by atoms with van der Waals surface area (Å²) in [7, 11) is 0. The summed E-state index contributed by atoms with van der Waals surface area (Å²) in [5.74, 6) is -1.02. The molecule has 1 fully saturated rings. The zero-order chi connectivity index (χ0) is 12.6. The zero-order valence-electron chi connectivity index (χ0n) is 9.04. The Kier molecular flexibility index (Phi) is 3.02. The van der Waals surface area contributed by atoms with Crippen molar-refractivity contribution in [3.63, 3.8) is 0 Å². The number of nitrogens with zero attached hydrogens (tertiary/aromatic N) is 1. The highest BCUT2D eigenvalue weighted by Crippen LogP contribution is 2.29. The number of benzene rings is 1. The van der Waals surface area contributed by atoms with E-state index in [4.69, 9.17) is 11.6 Å². The first kappa shape index (κ1) is 11.9. The minimum Gasteiger partial charge on any atom is -0.345 e. The maximum Gasteiger partial charge on any atom is 0.247 e. The number of carbonyl (C=O) groups is 2. The van der Waals surface area contributed by atoms with E-state index in [1.165, 1.54) is 17.0 Å². The number of halogens is 2. The highest BCUT2D eigenvalue weighted by Gasteiger charge is 2.33. The van der Waals surface area contributed by atoms with Crippen molar-refractivity contribution in [2.75, 3.05) is 11.4 Å². The quantitative estimate of drug-likeness (QED) is 0.824. The first-order chi connectivity index (χ1) is 8.00. The molecule has 1 unspecified atom stereocenters. The molecule has 1 atom stereocenters. The van der Waals surface area contributed by atoms with Crippen molar-refractivity contribution in [1.82, 2.24) is 5.32 Å². The number of anilines is 1. The number of hydrogen-bond donors (Lipinski definition) is 1. The molecule has 0 saturated carbocycles. The molecule has 4 nitrogen and oxygen atoms in total. The maximum atomic E-state index is 12.9. The van der Waals surface area contributed by atoms with Gasteiger partial charge in [-0.25, -0.2) is 4.39 Å². The molecule has 0 spiro atoms. The zero-order valence-corrected chi connectivity index (χ0v) is 9.79. The summed E-state index contributed by atoms with van der Waals surface area (Å²) in [6.07, 6.45) is 0. The van der Waals surface area contributed by atoms with Crippen LogP contribution in [0.3, 0.4) is 0 Å². The molecule has 1 heterocycles. The van der Waals surface area contributed by atoms with Crippen molar-refractivity contribution in [3.8, 4) is 0 Å². The van der Waals surface area contributed by atoms with Crippen molar-refractivity contribution in [2.24, 2.45) is 0 Å². The van der Waals surface area contributed by atoms with Gasteiger partial charge in [0.05, 0.1) is 17.3 Å². The number of piperazine rings is 1. The first-order valence-electron chi connectivity index (χ1n) is 5.05. The van der Waals surface area contributed by atoms with Crippen LogP contribution in [0, 0.1) is 5.82 Å². The van der Waals surface area contributed by atoms with Crippen LogP contribution in [-0.4, -0.2) is 24.4 Å². The van der Waals surface area contributed by atoms with Crippen molar-refractivity contribution in [3.05, 3.63) is 29.0 Å². The summed E-state index contributed by atoms with van der Waals surface area (Å²) in [6.45, 7) is 1.52. The molecule has 1 aromatic rings. The Morgan fingerprint density at radius 3 is 2.82 bits per heavy atom. The maximum absolute atomic E-state index is 12.9. The molecule has 1 N–H and O–H groups in total. The van der Waals surface area contributed by atoms with Crippen LogP contribution in [0.2, 0.25) is 5.02 Å². The van der Waals surface area contributed by atoms with Crippen LogP contribution in [0.4, 0.5) is 10.1 Å². The third-order valence-corrected chi connectivity index (χ3v) is 2.92. The average Bonchev–Trinajstić information content (AvgIpc) is 2.27. The van der Waals surface area contributed by atoms with Gasteiger partial charge in [0.25, 0.3) is 0 Å². The minimum absolute atomic E-state index is 0.0725. The standard InChI is InChI=1S/C11H10ClFN2O2/c1-6-11(17)14-5-10(16)15(6)9-3-2-7(13)4-8(9)12/h2-4,6H,5H2,1H3,(H,14,17). The Morgan fingerprint density at radius 2 is 2.18 bits per heavy atom. The number of nitrogens with one attached hydrogen (secondary N) is 1. The molecule has 0 bridgehead atoms. The summed E-state index contributed by atoms with van der Waals surface area (Å²) >= 11 is 5.88. The van der Waals surface area contributed by atoms with E-state index in [0.29, 0.717) is 5.69 Å². The number of amides is 2. The van der Waals surface area contributed by atoms with Crippen molar-refractivity contribution < 1.29 is 14.0 Å². The lowest BCUT2D eigenvalue weighted by molar-refractivity contribution is -0.130. The molecule has 1 aliphatic rings. The Hall–Kier alpha value is -1.62. The summed E-state index contributed by atoms with van der Waals surface area (Å²) in [4.78, 5) is 24.5. The van der Waals surface area contributed by atoms with Crippen LogP contribution >= 0.6 is 11.6 Å². The molecular weight excluding hydrogens is 247 g/mol. The third-order valence-electron chi connectivity index (χ3n) is 2.62. The fraction of sp³-hybridized carbons (Fsp3) is 0.273. The molecule has 2 rings (SSSR count). The summed E-state index contributed by atoms with van der Waals surface area (Å²) < 4.78 is 12.9. The van der Waals surface area contributed by atoms with Gasteiger partial charge < -0.3 is 5.32 Å². The van der Waals surface area contributed by atoms with Crippen LogP contribution in [0.5, 0.6) is 0 Å². The first-order valence-corrected chi connectivity index (χ1v) is 5.43. The SMILES string of the molecule is CC1C(=O)NCC(=O)N1c1ccc(F)cc1Cl. The van der Waals surface area contributed by atoms with Gasteiger partial charge >= 0.3 is 0 Å². The van der Waals surface area contributed by atoms with Crippen molar-refractivity contribution >= 4 is 29.1 Å². The Labute approximate surface area is 102 Å². The van der Waals surface area contributed by atoms with Gasteiger partial charge in [-0.1, -0.05) is 11.6 Å². The minimum atomic E-state index is -0.654. The van der Waals surface area contributed by atoms with E-state index in [9.17, 15) is 14.0 Å². The van der Waals surface area contributed by atoms with Crippen LogP contribution in [0.25, 0.3) is 0 Å². The molecule has 6 heteroatoms. The van der Waals surface area contributed by atoms with E-state index in [2.05, 4.69) is 5.32 Å². The van der Waals surface area contributed by atoms with E-state index in [1.807, 2.05) is 0 Å². The van der Waals surface area contributed by atoms with Crippen LogP contribution in [0.15, 0.2) is 18.2 Å². The fourth-order valence-corrected chi connectivity index (χ4v) is 2.01. The van der Waals surface area contributed by atoms with Gasteiger partial charge in [-0.3, -0.25) is 14.5 Å². The van der Waals surface area contributed by atoms with Gasteiger partial charge in [0.1, 0.15) is 11.9 Å². The highest BCUT2D eigenvalue weighted by atomic mass is 35.5. The second-order valence-electron chi connectivity index (χ2n) is 3.75. The third kappa shape index (κ3) is 2.10. The van der Waals surface area contributed by atoms with Crippen molar-refractivity contribution in [2.45, 2.75) is 13.0 Å². The molecule has 1 aromatic carbocycles. The normalized spacial score (nSPS) is 20.4. The Morgan fingerprint density at radius 1 is 1.47 bits per heavy atom. The molecule has 1 saturated heterocycles. The Balaban J connectivity index is 2.43. The van der Waals surface area contributed by atoms with Crippen LogP contribution in [-0.2, 0) is 9.59 Å². The van der Waals surface area contributed by atoms with E-state index >= 15 is 0 Å². The van der Waals surface area contributed by atoms with Crippen LogP contribution in [0.1, 0.15) is 6.92 Å². The molecule has 1 aliphatic heterocycles. The predicted molar refractivity (Wildman–Crippen MR) is 61.4 cm³/mol. The van der Waals surface area contributed by atoms with Crippen LogP contribution < -0.4 is 10.2 Å². The fourth-order valence-electron chi connectivity index (χ4n) is 1.75. The predicted octanol–water partition coefficient (Wildman–Crippen LogP) is 1.33. The molecule has 0 radical (unpaired) electrons. The smallest absolute Gasteiger partial charge is 0.247 e. The Bertz CT molecular complexity index is 492. The van der Waals surface area contributed by atoms with E-state index in [1.54, 1.807) is 6.92 Å².